The average molecular weight is 357 g/mol. The quantitative estimate of drug-likeness (QED) is 0.743. The van der Waals surface area contributed by atoms with Crippen molar-refractivity contribution in [3.63, 3.8) is 0 Å². The van der Waals surface area contributed by atoms with Crippen LogP contribution in [0.15, 0.2) is 18.2 Å². The lowest BCUT2D eigenvalue weighted by Crippen LogP contribution is -2.43. The van der Waals surface area contributed by atoms with E-state index in [1.54, 1.807) is 13.8 Å². The van der Waals surface area contributed by atoms with Gasteiger partial charge in [-0.2, -0.15) is 0 Å². The van der Waals surface area contributed by atoms with Crippen LogP contribution in [0.25, 0.3) is 0 Å². The smallest absolute Gasteiger partial charge is 0.339 e. The lowest BCUT2D eigenvalue weighted by Gasteiger charge is -2.26. The van der Waals surface area contributed by atoms with Crippen LogP contribution in [0.5, 0.6) is 0 Å². The molecule has 0 bridgehead atoms. The van der Waals surface area contributed by atoms with E-state index in [2.05, 4.69) is 0 Å². The minimum Gasteiger partial charge on any atom is -0.452 e. The fraction of sp³-hybridized carbons (Fsp3) is 0.500. The topological polar surface area (TPSA) is 80.8 Å². The molecule has 0 aliphatic carbocycles. The number of hydrogen-bond acceptors (Lipinski definition) is 5. The number of esters is 1. The van der Waals surface area contributed by atoms with Crippen LogP contribution >= 0.6 is 0 Å². The van der Waals surface area contributed by atoms with Gasteiger partial charge in [0.1, 0.15) is 5.82 Å². The summed E-state index contributed by atoms with van der Waals surface area (Å²) in [6.45, 7) is 3.20. The van der Waals surface area contributed by atoms with Crippen molar-refractivity contribution < 1.29 is 27.1 Å². The van der Waals surface area contributed by atoms with Crippen LogP contribution in [0.3, 0.4) is 0 Å². The monoisotopic (exact) mass is 357 g/mol. The van der Waals surface area contributed by atoms with E-state index in [-0.39, 0.29) is 23.1 Å². The SMILES string of the molecule is CCN(C(=O)COC(=O)c1cc(F)ccc1C)C1CCS(=O)(=O)C1. The normalized spacial score (nSPS) is 19.0. The van der Waals surface area contributed by atoms with Crippen LogP contribution in [0.1, 0.15) is 29.3 Å². The first kappa shape index (κ1) is 18.4. The summed E-state index contributed by atoms with van der Waals surface area (Å²) in [4.78, 5) is 25.7. The van der Waals surface area contributed by atoms with E-state index in [1.165, 1.54) is 17.0 Å². The minimum atomic E-state index is -3.11. The lowest BCUT2D eigenvalue weighted by molar-refractivity contribution is -0.136. The molecular weight excluding hydrogens is 337 g/mol. The third-order valence-corrected chi connectivity index (χ3v) is 5.81. The summed E-state index contributed by atoms with van der Waals surface area (Å²) in [5.74, 6) is -1.81. The number of aryl methyl sites for hydroxylation is 1. The van der Waals surface area contributed by atoms with E-state index in [0.29, 0.717) is 18.5 Å². The Morgan fingerprint density at radius 2 is 2.08 bits per heavy atom. The number of likely N-dealkylation sites (N-methyl/N-ethyl adjacent to an activating group) is 1. The highest BCUT2D eigenvalue weighted by molar-refractivity contribution is 7.91. The second kappa shape index (κ2) is 7.29. The van der Waals surface area contributed by atoms with Gasteiger partial charge in [0.05, 0.1) is 17.1 Å². The first-order valence-corrected chi connectivity index (χ1v) is 9.49. The van der Waals surface area contributed by atoms with Gasteiger partial charge in [0.25, 0.3) is 5.91 Å². The number of rotatable bonds is 5. The number of ether oxygens (including phenoxy) is 1. The molecule has 132 valence electrons. The number of amides is 1. The van der Waals surface area contributed by atoms with E-state index in [9.17, 15) is 22.4 Å². The van der Waals surface area contributed by atoms with Crippen LogP contribution in [-0.2, 0) is 19.4 Å². The maximum atomic E-state index is 13.2. The lowest BCUT2D eigenvalue weighted by atomic mass is 10.1. The van der Waals surface area contributed by atoms with Crippen LogP contribution in [-0.4, -0.2) is 55.9 Å². The largest absolute Gasteiger partial charge is 0.452 e. The fourth-order valence-corrected chi connectivity index (χ4v) is 4.49. The molecule has 2 rings (SSSR count). The van der Waals surface area contributed by atoms with Gasteiger partial charge in [-0.15, -0.1) is 0 Å². The molecule has 1 saturated heterocycles. The summed E-state index contributed by atoms with van der Waals surface area (Å²) in [7, 11) is -3.11. The molecule has 24 heavy (non-hydrogen) atoms. The van der Waals surface area contributed by atoms with Gasteiger partial charge in [-0.3, -0.25) is 4.79 Å². The highest BCUT2D eigenvalue weighted by Crippen LogP contribution is 2.18. The Morgan fingerprint density at radius 3 is 2.67 bits per heavy atom. The Hall–Kier alpha value is -1.96. The van der Waals surface area contributed by atoms with Crippen molar-refractivity contribution in [3.8, 4) is 0 Å². The molecule has 0 aromatic heterocycles. The van der Waals surface area contributed by atoms with Crippen molar-refractivity contribution in [3.05, 3.63) is 35.1 Å². The van der Waals surface area contributed by atoms with Crippen LogP contribution in [0.2, 0.25) is 0 Å². The average Bonchev–Trinajstić information content (AvgIpc) is 2.87. The summed E-state index contributed by atoms with van der Waals surface area (Å²) in [6.07, 6.45) is 0.388. The number of hydrogen-bond donors (Lipinski definition) is 0. The first-order valence-electron chi connectivity index (χ1n) is 7.66. The standard InChI is InChI=1S/C16H20FNO5S/c1-3-18(13-6-7-24(21,22)10-13)15(19)9-23-16(20)14-8-12(17)5-4-11(14)2/h4-5,8,13H,3,6-7,9-10H2,1-2H3. The third-order valence-electron chi connectivity index (χ3n) is 4.06. The predicted molar refractivity (Wildman–Crippen MR) is 85.9 cm³/mol. The zero-order valence-corrected chi connectivity index (χ0v) is 14.4. The minimum absolute atomic E-state index is 0.0592. The van der Waals surface area contributed by atoms with E-state index in [1.807, 2.05) is 0 Å². The number of halogens is 1. The number of sulfone groups is 1. The fourth-order valence-electron chi connectivity index (χ4n) is 2.76. The van der Waals surface area contributed by atoms with Gasteiger partial charge in [0.15, 0.2) is 16.4 Å². The van der Waals surface area contributed by atoms with Crippen LogP contribution in [0, 0.1) is 12.7 Å². The van der Waals surface area contributed by atoms with Gasteiger partial charge >= 0.3 is 5.97 Å². The van der Waals surface area contributed by atoms with Crippen molar-refractivity contribution >= 4 is 21.7 Å². The van der Waals surface area contributed by atoms with Gasteiger partial charge in [-0.25, -0.2) is 17.6 Å². The summed E-state index contributed by atoms with van der Waals surface area (Å²) in [5, 5.41) is 0. The molecule has 1 aliphatic heterocycles. The number of carbonyl (C=O) groups is 2. The van der Waals surface area contributed by atoms with Crippen molar-refractivity contribution in [2.24, 2.45) is 0 Å². The number of nitrogens with zero attached hydrogens (tertiary/aromatic N) is 1. The highest BCUT2D eigenvalue weighted by Gasteiger charge is 2.34. The number of carbonyl (C=O) groups excluding carboxylic acids is 2. The molecule has 1 fully saturated rings. The molecule has 1 unspecified atom stereocenters. The zero-order valence-electron chi connectivity index (χ0n) is 13.6. The molecule has 1 amide bonds. The summed E-state index contributed by atoms with van der Waals surface area (Å²) >= 11 is 0. The Bertz CT molecular complexity index is 747. The molecular formula is C16H20FNO5S. The molecule has 0 radical (unpaired) electrons. The van der Waals surface area contributed by atoms with Gasteiger partial charge in [-0.1, -0.05) is 6.07 Å². The maximum absolute atomic E-state index is 13.2. The van der Waals surface area contributed by atoms with Crippen molar-refractivity contribution in [2.75, 3.05) is 24.7 Å². The Labute approximate surface area is 140 Å². The van der Waals surface area contributed by atoms with E-state index in [0.717, 1.165) is 6.07 Å². The Balaban J connectivity index is 1.98. The Morgan fingerprint density at radius 1 is 1.38 bits per heavy atom. The van der Waals surface area contributed by atoms with Gasteiger partial charge in [0.2, 0.25) is 0 Å². The number of benzene rings is 1. The highest BCUT2D eigenvalue weighted by atomic mass is 32.2. The Kier molecular flexibility index (Phi) is 5.58. The molecule has 6 nitrogen and oxygen atoms in total. The molecule has 1 aromatic carbocycles. The molecule has 1 heterocycles. The molecule has 1 aromatic rings. The third kappa shape index (κ3) is 4.31. The molecule has 0 N–H and O–H groups in total. The van der Waals surface area contributed by atoms with Gasteiger partial charge < -0.3 is 9.64 Å². The summed E-state index contributed by atoms with van der Waals surface area (Å²) < 4.78 is 41.3. The van der Waals surface area contributed by atoms with Crippen molar-refractivity contribution in [2.45, 2.75) is 26.3 Å². The van der Waals surface area contributed by atoms with Gasteiger partial charge in [-0.05, 0) is 38.0 Å². The van der Waals surface area contributed by atoms with E-state index in [4.69, 9.17) is 4.74 Å². The predicted octanol–water partition coefficient (Wildman–Crippen LogP) is 1.33. The van der Waals surface area contributed by atoms with Crippen LogP contribution in [0.4, 0.5) is 4.39 Å². The van der Waals surface area contributed by atoms with Crippen molar-refractivity contribution in [1.29, 1.82) is 0 Å². The van der Waals surface area contributed by atoms with E-state index >= 15 is 0 Å². The molecule has 0 saturated carbocycles. The maximum Gasteiger partial charge on any atom is 0.339 e. The summed E-state index contributed by atoms with van der Waals surface area (Å²) in [6, 6.07) is 3.36. The second-order valence-electron chi connectivity index (χ2n) is 5.77. The van der Waals surface area contributed by atoms with Crippen LogP contribution < -0.4 is 0 Å². The second-order valence-corrected chi connectivity index (χ2v) is 8.00. The summed E-state index contributed by atoms with van der Waals surface area (Å²) in [5.41, 5.74) is 0.609. The zero-order chi connectivity index (χ0) is 17.9. The van der Waals surface area contributed by atoms with Crippen molar-refractivity contribution in [1.82, 2.24) is 4.90 Å². The first-order chi connectivity index (χ1) is 11.2. The molecule has 0 spiro atoms. The van der Waals surface area contributed by atoms with E-state index < -0.39 is 34.1 Å². The molecule has 1 atom stereocenters. The molecule has 8 heteroatoms. The van der Waals surface area contributed by atoms with Gasteiger partial charge in [0, 0.05) is 12.6 Å². The molecule has 1 aliphatic rings.